The molecule has 0 radical (unpaired) electrons. The van der Waals surface area contributed by atoms with Gasteiger partial charge in [0.1, 0.15) is 23.1 Å². The van der Waals surface area contributed by atoms with E-state index in [1.165, 1.54) is 6.07 Å². The molecule has 30 heavy (non-hydrogen) atoms. The Morgan fingerprint density at radius 2 is 2.03 bits per heavy atom. The minimum atomic E-state index is -0.449. The Hall–Kier alpha value is -4.34. The van der Waals surface area contributed by atoms with Crippen LogP contribution in [0, 0.1) is 12.3 Å². The molecule has 3 aromatic rings. The number of hydrogen-bond donors (Lipinski definition) is 4. The van der Waals surface area contributed by atoms with Gasteiger partial charge in [-0.3, -0.25) is 4.79 Å². The number of anilines is 2. The van der Waals surface area contributed by atoms with Gasteiger partial charge >= 0.3 is 0 Å². The largest absolute Gasteiger partial charge is 0.398 e. The molecule has 0 aliphatic carbocycles. The van der Waals surface area contributed by atoms with Crippen LogP contribution < -0.4 is 16.8 Å². The van der Waals surface area contributed by atoms with Gasteiger partial charge in [-0.1, -0.05) is 11.2 Å². The fourth-order valence-corrected chi connectivity index (χ4v) is 2.50. The zero-order chi connectivity index (χ0) is 21.7. The zero-order valence-corrected chi connectivity index (χ0v) is 16.4. The second kappa shape index (κ2) is 8.78. The monoisotopic (exact) mass is 404 g/mol. The molecule has 0 saturated carbocycles. The average molecular weight is 404 g/mol. The normalized spacial score (nSPS) is 11.9. The highest BCUT2D eigenvalue weighted by atomic mass is 16.5. The molecule has 3 rings (SSSR count). The van der Waals surface area contributed by atoms with Crippen LogP contribution in [-0.4, -0.2) is 33.9 Å². The molecule has 0 unspecified atom stereocenters. The van der Waals surface area contributed by atoms with Crippen molar-refractivity contribution in [1.29, 1.82) is 5.41 Å². The highest BCUT2D eigenvalue weighted by Crippen LogP contribution is 2.19. The van der Waals surface area contributed by atoms with Crippen LogP contribution in [0.25, 0.3) is 0 Å². The van der Waals surface area contributed by atoms with E-state index in [2.05, 4.69) is 25.4 Å². The maximum absolute atomic E-state index is 12.2. The molecule has 10 nitrogen and oxygen atoms in total. The van der Waals surface area contributed by atoms with Crippen molar-refractivity contribution in [2.45, 2.75) is 13.8 Å². The molecular formula is C20H20N8O2. The van der Waals surface area contributed by atoms with E-state index in [1.54, 1.807) is 50.2 Å². The lowest BCUT2D eigenvalue weighted by Gasteiger charge is -2.05. The molecule has 0 saturated heterocycles. The summed E-state index contributed by atoms with van der Waals surface area (Å²) in [5.74, 6) is 0.895. The van der Waals surface area contributed by atoms with E-state index in [-0.39, 0.29) is 11.5 Å². The average Bonchev–Trinajstić information content (AvgIpc) is 3.16. The third-order valence-electron chi connectivity index (χ3n) is 3.91. The van der Waals surface area contributed by atoms with Gasteiger partial charge in [-0.2, -0.15) is 0 Å². The van der Waals surface area contributed by atoms with Crippen molar-refractivity contribution in [2.75, 3.05) is 11.1 Å². The zero-order valence-electron chi connectivity index (χ0n) is 16.4. The Balaban J connectivity index is 1.78. The Kier molecular flexibility index (Phi) is 5.97. The number of hydrogen-bond acceptors (Lipinski definition) is 7. The molecule has 0 bridgehead atoms. The summed E-state index contributed by atoms with van der Waals surface area (Å²) < 4.78 is 4.90. The first-order valence-electron chi connectivity index (χ1n) is 8.87. The van der Waals surface area contributed by atoms with E-state index in [0.29, 0.717) is 40.0 Å². The Bertz CT molecular complexity index is 1160. The summed E-state index contributed by atoms with van der Waals surface area (Å²) in [5, 5.41) is 13.7. The molecule has 6 N–H and O–H groups in total. The summed E-state index contributed by atoms with van der Waals surface area (Å²) in [6, 6.07) is 11.6. The van der Waals surface area contributed by atoms with Crippen LogP contribution in [0.3, 0.4) is 0 Å². The number of rotatable bonds is 5. The molecular weight excluding hydrogens is 384 g/mol. The number of nitrogen functional groups attached to an aromatic ring is 1. The van der Waals surface area contributed by atoms with Crippen molar-refractivity contribution in [2.24, 2.45) is 15.7 Å². The van der Waals surface area contributed by atoms with Crippen molar-refractivity contribution < 1.29 is 9.32 Å². The number of carbonyl (C=O) groups excluding carboxylic acids is 1. The third kappa shape index (κ3) is 4.93. The molecule has 0 aliphatic heterocycles. The lowest BCUT2D eigenvalue weighted by Crippen LogP contribution is -2.19. The van der Waals surface area contributed by atoms with Crippen LogP contribution >= 0.6 is 0 Å². The Morgan fingerprint density at radius 1 is 1.23 bits per heavy atom. The maximum Gasteiger partial charge on any atom is 0.279 e. The van der Waals surface area contributed by atoms with Crippen LogP contribution in [0.15, 0.2) is 57.0 Å². The van der Waals surface area contributed by atoms with Crippen molar-refractivity contribution in [1.82, 2.24) is 10.1 Å². The second-order valence-corrected chi connectivity index (χ2v) is 6.30. The van der Waals surface area contributed by atoms with Gasteiger partial charge in [0, 0.05) is 23.5 Å². The molecule has 2 heterocycles. The first-order valence-corrected chi connectivity index (χ1v) is 8.87. The molecule has 0 atom stereocenters. The molecule has 2 aromatic heterocycles. The van der Waals surface area contributed by atoms with E-state index in [0.717, 1.165) is 6.21 Å². The molecule has 10 heteroatoms. The van der Waals surface area contributed by atoms with Crippen molar-refractivity contribution >= 4 is 41.0 Å². The maximum atomic E-state index is 12.2. The quantitative estimate of drug-likeness (QED) is 0.289. The minimum absolute atomic E-state index is 0.132. The fraction of sp³-hybridized carbons (Fsp3) is 0.100. The number of aromatic nitrogens is 2. The van der Waals surface area contributed by atoms with Crippen molar-refractivity contribution in [3.8, 4) is 0 Å². The second-order valence-electron chi connectivity index (χ2n) is 6.30. The molecule has 0 spiro atoms. The van der Waals surface area contributed by atoms with Crippen molar-refractivity contribution in [3.63, 3.8) is 0 Å². The number of nitrogens with two attached hydrogens (primary N) is 2. The van der Waals surface area contributed by atoms with Gasteiger partial charge in [0.05, 0.1) is 5.69 Å². The molecule has 0 fully saturated rings. The summed E-state index contributed by atoms with van der Waals surface area (Å²) >= 11 is 0. The van der Waals surface area contributed by atoms with Gasteiger partial charge in [-0.05, 0) is 44.2 Å². The summed E-state index contributed by atoms with van der Waals surface area (Å²) in [5.41, 5.74) is 14.0. The first kappa shape index (κ1) is 20.4. The molecule has 152 valence electrons. The predicted molar refractivity (Wildman–Crippen MR) is 116 cm³/mol. The number of pyridine rings is 1. The van der Waals surface area contributed by atoms with E-state index in [1.807, 2.05) is 0 Å². The van der Waals surface area contributed by atoms with E-state index >= 15 is 0 Å². The van der Waals surface area contributed by atoms with E-state index in [4.69, 9.17) is 21.4 Å². The third-order valence-corrected chi connectivity index (χ3v) is 3.91. The number of amides is 1. The minimum Gasteiger partial charge on any atom is -0.398 e. The summed E-state index contributed by atoms with van der Waals surface area (Å²) in [6.07, 6.45) is 1.16. The SMILES string of the molecule is CC(=Nc1ccc(N)c(C=N)c1)N=C(N)c1cccc(NC(=O)c2cc(C)on2)n1. The van der Waals surface area contributed by atoms with Gasteiger partial charge in [-0.15, -0.1) is 0 Å². The van der Waals surface area contributed by atoms with Crippen LogP contribution in [0.1, 0.15) is 34.4 Å². The molecule has 1 amide bonds. The van der Waals surface area contributed by atoms with Crippen molar-refractivity contribution in [3.05, 3.63) is 65.2 Å². The standard InChI is InChI=1S/C20H20N8O2/c1-11-8-17(28-30-11)20(29)27-18-5-3-4-16(26-18)19(23)25-12(2)24-14-6-7-15(22)13(9-14)10-21/h3-10,21H,22H2,1-2H3,(H2,23,24,25)(H,26,27,29). The van der Waals surface area contributed by atoms with Gasteiger partial charge in [0.2, 0.25) is 0 Å². The predicted octanol–water partition coefficient (Wildman–Crippen LogP) is 2.67. The number of benzene rings is 1. The number of nitrogens with zero attached hydrogens (tertiary/aromatic N) is 4. The number of aliphatic imine (C=N–C) groups is 2. The lowest BCUT2D eigenvalue weighted by atomic mass is 10.2. The summed E-state index contributed by atoms with van der Waals surface area (Å²) in [7, 11) is 0. The Labute approximate surface area is 172 Å². The van der Waals surface area contributed by atoms with Gasteiger partial charge in [0.25, 0.3) is 5.91 Å². The lowest BCUT2D eigenvalue weighted by molar-refractivity contribution is 0.101. The topological polar surface area (TPSA) is 169 Å². The summed E-state index contributed by atoms with van der Waals surface area (Å²) in [6.45, 7) is 3.38. The fourth-order valence-electron chi connectivity index (χ4n) is 2.50. The van der Waals surface area contributed by atoms with Gasteiger partial charge < -0.3 is 26.7 Å². The van der Waals surface area contributed by atoms with E-state index < -0.39 is 5.91 Å². The smallest absolute Gasteiger partial charge is 0.279 e. The molecule has 0 aliphatic rings. The van der Waals surface area contributed by atoms with Gasteiger partial charge in [-0.25, -0.2) is 15.0 Å². The van der Waals surface area contributed by atoms with Crippen LogP contribution in [0.5, 0.6) is 0 Å². The number of carbonyl (C=O) groups is 1. The Morgan fingerprint density at radius 3 is 2.73 bits per heavy atom. The number of nitrogens with one attached hydrogen (secondary N) is 2. The summed E-state index contributed by atoms with van der Waals surface area (Å²) in [4.78, 5) is 25.1. The first-order chi connectivity index (χ1) is 14.4. The highest BCUT2D eigenvalue weighted by Gasteiger charge is 2.12. The van der Waals surface area contributed by atoms with Crippen LogP contribution in [0.4, 0.5) is 17.2 Å². The van der Waals surface area contributed by atoms with Crippen LogP contribution in [0.2, 0.25) is 0 Å². The van der Waals surface area contributed by atoms with Crippen LogP contribution in [-0.2, 0) is 0 Å². The van der Waals surface area contributed by atoms with Gasteiger partial charge in [0.15, 0.2) is 11.5 Å². The molecule has 1 aromatic carbocycles. The number of amidine groups is 2. The highest BCUT2D eigenvalue weighted by molar-refractivity contribution is 6.05. The number of aryl methyl sites for hydroxylation is 1. The van der Waals surface area contributed by atoms with E-state index in [9.17, 15) is 4.79 Å².